The number of nitrogens with zero attached hydrogens (tertiary/aromatic N) is 5. The Balaban J connectivity index is 2.18. The van der Waals surface area contributed by atoms with Crippen molar-refractivity contribution < 1.29 is 0 Å². The van der Waals surface area contributed by atoms with E-state index in [2.05, 4.69) is 25.5 Å². The van der Waals surface area contributed by atoms with E-state index in [1.54, 1.807) is 0 Å². The SMILES string of the molecule is CN(C)Cc1cccc(C2N=C(NC#N)Nc3nc(N)c(C#N)c(N)c32)c1. The molecule has 1 aromatic carbocycles. The van der Waals surface area contributed by atoms with Gasteiger partial charge in [-0.1, -0.05) is 24.3 Å². The number of hydrogen-bond donors (Lipinski definition) is 4. The minimum Gasteiger partial charge on any atom is -0.397 e. The van der Waals surface area contributed by atoms with Crippen molar-refractivity contribution in [1.82, 2.24) is 15.2 Å². The number of benzene rings is 1. The first kappa shape index (κ1) is 18.0. The number of rotatable bonds is 3. The number of nitrogens with one attached hydrogen (secondary N) is 2. The number of nitrogen functional groups attached to an aromatic ring is 2. The summed E-state index contributed by atoms with van der Waals surface area (Å²) in [6.45, 7) is 0.762. The molecular formula is C18H19N9. The third kappa shape index (κ3) is 3.45. The maximum absolute atomic E-state index is 9.37. The Morgan fingerprint density at radius 1 is 1.30 bits per heavy atom. The fourth-order valence-electron chi connectivity index (χ4n) is 3.05. The van der Waals surface area contributed by atoms with Gasteiger partial charge in [0.25, 0.3) is 0 Å². The number of pyridine rings is 1. The smallest absolute Gasteiger partial charge is 0.211 e. The molecule has 0 bridgehead atoms. The van der Waals surface area contributed by atoms with Crippen molar-refractivity contribution in [1.29, 1.82) is 10.5 Å². The molecule has 1 aliphatic rings. The summed E-state index contributed by atoms with van der Waals surface area (Å²) in [6.07, 6.45) is 1.84. The Labute approximate surface area is 156 Å². The number of aromatic nitrogens is 1. The van der Waals surface area contributed by atoms with Crippen LogP contribution < -0.4 is 22.1 Å². The minimum absolute atomic E-state index is 0.0274. The lowest BCUT2D eigenvalue weighted by Gasteiger charge is -2.26. The van der Waals surface area contributed by atoms with Crippen LogP contribution in [0.2, 0.25) is 0 Å². The molecule has 3 rings (SSSR count). The van der Waals surface area contributed by atoms with Crippen LogP contribution in [0.15, 0.2) is 29.3 Å². The van der Waals surface area contributed by atoms with E-state index in [0.717, 1.165) is 17.7 Å². The third-order valence-electron chi connectivity index (χ3n) is 4.12. The fraction of sp³-hybridized carbons (Fsp3) is 0.222. The quantitative estimate of drug-likeness (QED) is 0.469. The van der Waals surface area contributed by atoms with E-state index in [9.17, 15) is 5.26 Å². The fourth-order valence-corrected chi connectivity index (χ4v) is 3.05. The molecule has 2 aromatic rings. The number of fused-ring (bicyclic) bond motifs is 1. The highest BCUT2D eigenvalue weighted by Gasteiger charge is 2.29. The van der Waals surface area contributed by atoms with Gasteiger partial charge >= 0.3 is 0 Å². The van der Waals surface area contributed by atoms with E-state index in [1.807, 2.05) is 50.6 Å². The van der Waals surface area contributed by atoms with Crippen LogP contribution in [0.3, 0.4) is 0 Å². The molecule has 1 aliphatic heterocycles. The summed E-state index contributed by atoms with van der Waals surface area (Å²) in [6, 6.07) is 9.38. The van der Waals surface area contributed by atoms with Gasteiger partial charge < -0.3 is 21.7 Å². The topological polar surface area (TPSA) is 152 Å². The molecule has 0 aliphatic carbocycles. The van der Waals surface area contributed by atoms with Gasteiger partial charge in [0, 0.05) is 12.1 Å². The maximum atomic E-state index is 9.37. The molecule has 0 spiro atoms. The lowest BCUT2D eigenvalue weighted by molar-refractivity contribution is 0.402. The monoisotopic (exact) mass is 361 g/mol. The van der Waals surface area contributed by atoms with Crippen LogP contribution in [-0.2, 0) is 6.54 Å². The molecule has 6 N–H and O–H groups in total. The van der Waals surface area contributed by atoms with Crippen LogP contribution in [0.4, 0.5) is 17.3 Å². The highest BCUT2D eigenvalue weighted by Crippen LogP contribution is 2.40. The summed E-state index contributed by atoms with van der Waals surface area (Å²) in [5.74, 6) is 0.642. The molecule has 9 heteroatoms. The Kier molecular flexibility index (Phi) is 4.79. The normalized spacial score (nSPS) is 15.1. The highest BCUT2D eigenvalue weighted by atomic mass is 15.2. The second-order valence-electron chi connectivity index (χ2n) is 6.38. The molecule has 136 valence electrons. The number of hydrogen-bond acceptors (Lipinski definition) is 9. The molecule has 2 heterocycles. The Morgan fingerprint density at radius 2 is 2.07 bits per heavy atom. The van der Waals surface area contributed by atoms with Gasteiger partial charge in [-0.2, -0.15) is 10.5 Å². The standard InChI is InChI=1S/C18H19N9/c1-27(2)8-10-4-3-5-11(6-10)15-13-14(21)12(7-19)16(22)25-17(13)26-18(24-15)23-9-20/h3-6,15H,8H2,1-2H3,(H6,21,22,23,24,25,26). The summed E-state index contributed by atoms with van der Waals surface area (Å²) < 4.78 is 0. The summed E-state index contributed by atoms with van der Waals surface area (Å²) in [4.78, 5) is 10.9. The molecule has 9 nitrogen and oxygen atoms in total. The molecule has 27 heavy (non-hydrogen) atoms. The first-order valence-electron chi connectivity index (χ1n) is 8.17. The van der Waals surface area contributed by atoms with Crippen molar-refractivity contribution >= 4 is 23.3 Å². The molecule has 0 saturated carbocycles. The Hall–Kier alpha value is -3.82. The van der Waals surface area contributed by atoms with E-state index < -0.39 is 6.04 Å². The van der Waals surface area contributed by atoms with Gasteiger partial charge in [-0.05, 0) is 25.2 Å². The van der Waals surface area contributed by atoms with Gasteiger partial charge in [0.2, 0.25) is 5.96 Å². The van der Waals surface area contributed by atoms with E-state index in [0.29, 0.717) is 11.4 Å². The lowest BCUT2D eigenvalue weighted by Crippen LogP contribution is -2.32. The number of aliphatic imine (C=N–C) groups is 1. The Bertz CT molecular complexity index is 995. The molecule has 1 aromatic heterocycles. The predicted octanol–water partition coefficient (Wildman–Crippen LogP) is 1.12. The van der Waals surface area contributed by atoms with Crippen LogP contribution in [0.5, 0.6) is 0 Å². The van der Waals surface area contributed by atoms with Crippen molar-refractivity contribution in [3.8, 4) is 12.3 Å². The molecule has 0 radical (unpaired) electrons. The zero-order valence-corrected chi connectivity index (χ0v) is 15.0. The molecule has 0 saturated heterocycles. The van der Waals surface area contributed by atoms with Gasteiger partial charge in [-0.15, -0.1) is 0 Å². The van der Waals surface area contributed by atoms with Crippen molar-refractivity contribution in [3.05, 3.63) is 46.5 Å². The average molecular weight is 361 g/mol. The van der Waals surface area contributed by atoms with Crippen molar-refractivity contribution in [3.63, 3.8) is 0 Å². The van der Waals surface area contributed by atoms with Gasteiger partial charge in [0.05, 0.1) is 5.69 Å². The first-order chi connectivity index (χ1) is 12.9. The lowest BCUT2D eigenvalue weighted by atomic mass is 9.94. The Morgan fingerprint density at radius 3 is 2.74 bits per heavy atom. The molecular weight excluding hydrogens is 342 g/mol. The summed E-state index contributed by atoms with van der Waals surface area (Å²) in [5, 5.41) is 23.7. The van der Waals surface area contributed by atoms with Gasteiger partial charge in [-0.3, -0.25) is 5.32 Å². The zero-order valence-electron chi connectivity index (χ0n) is 15.0. The van der Waals surface area contributed by atoms with Crippen molar-refractivity contribution in [2.45, 2.75) is 12.6 Å². The first-order valence-corrected chi connectivity index (χ1v) is 8.17. The van der Waals surface area contributed by atoms with Crippen molar-refractivity contribution in [2.75, 3.05) is 30.9 Å². The van der Waals surface area contributed by atoms with E-state index in [4.69, 9.17) is 16.7 Å². The van der Waals surface area contributed by atoms with Crippen LogP contribution in [0, 0.1) is 22.8 Å². The second-order valence-corrected chi connectivity index (χ2v) is 6.38. The van der Waals surface area contributed by atoms with Crippen LogP contribution >= 0.6 is 0 Å². The maximum Gasteiger partial charge on any atom is 0.211 e. The summed E-state index contributed by atoms with van der Waals surface area (Å²) in [5.41, 5.74) is 15.0. The highest BCUT2D eigenvalue weighted by molar-refractivity contribution is 5.98. The number of nitrogens with two attached hydrogens (primary N) is 2. The number of nitriles is 2. The number of anilines is 3. The average Bonchev–Trinajstić information content (AvgIpc) is 2.61. The van der Waals surface area contributed by atoms with Gasteiger partial charge in [0.1, 0.15) is 29.3 Å². The van der Waals surface area contributed by atoms with Crippen LogP contribution in [0.25, 0.3) is 0 Å². The summed E-state index contributed by atoms with van der Waals surface area (Å²) in [7, 11) is 3.98. The molecule has 0 fully saturated rings. The molecule has 1 atom stereocenters. The predicted molar refractivity (Wildman–Crippen MR) is 103 cm³/mol. The van der Waals surface area contributed by atoms with Crippen LogP contribution in [-0.4, -0.2) is 29.9 Å². The molecule has 0 amide bonds. The van der Waals surface area contributed by atoms with Gasteiger partial charge in [-0.25, -0.2) is 9.98 Å². The van der Waals surface area contributed by atoms with Gasteiger partial charge in [0.15, 0.2) is 6.19 Å². The summed E-state index contributed by atoms with van der Waals surface area (Å²) >= 11 is 0. The minimum atomic E-state index is -0.528. The molecule has 1 unspecified atom stereocenters. The number of guanidine groups is 1. The largest absolute Gasteiger partial charge is 0.397 e. The van der Waals surface area contributed by atoms with E-state index >= 15 is 0 Å². The van der Waals surface area contributed by atoms with E-state index in [-0.39, 0.29) is 23.0 Å². The van der Waals surface area contributed by atoms with Crippen LogP contribution in [0.1, 0.15) is 28.3 Å². The van der Waals surface area contributed by atoms with E-state index in [1.165, 1.54) is 0 Å². The second kappa shape index (κ2) is 7.20. The van der Waals surface area contributed by atoms with Crippen molar-refractivity contribution in [2.24, 2.45) is 4.99 Å². The third-order valence-corrected chi connectivity index (χ3v) is 4.12. The zero-order chi connectivity index (χ0) is 19.6.